The first-order valence-corrected chi connectivity index (χ1v) is 4.26. The molecule has 0 aliphatic heterocycles. The predicted octanol–water partition coefficient (Wildman–Crippen LogP) is 1.55. The molecule has 2 heterocycles. The van der Waals surface area contributed by atoms with Gasteiger partial charge in [0.15, 0.2) is 0 Å². The third kappa shape index (κ3) is 1.35. The fraction of sp³-hybridized carbons (Fsp3) is 0.200. The van der Waals surface area contributed by atoms with Gasteiger partial charge in [-0.25, -0.2) is 0 Å². The molecule has 0 saturated carbocycles. The van der Waals surface area contributed by atoms with E-state index in [-0.39, 0.29) is 5.78 Å². The molecule has 4 heteroatoms. The number of carbonyl (C=O) groups is 1. The first-order chi connectivity index (χ1) is 6.68. The highest BCUT2D eigenvalue weighted by Gasteiger charge is 2.14. The van der Waals surface area contributed by atoms with Crippen LogP contribution in [0.3, 0.4) is 0 Å². The Labute approximate surface area is 81.1 Å². The van der Waals surface area contributed by atoms with E-state index in [1.165, 1.54) is 6.26 Å². The highest BCUT2D eigenvalue weighted by Crippen LogP contribution is 2.11. The van der Waals surface area contributed by atoms with Crippen molar-refractivity contribution in [2.75, 3.05) is 0 Å². The maximum Gasteiger partial charge on any atom is 0.214 e. The zero-order valence-electron chi connectivity index (χ0n) is 8.02. The summed E-state index contributed by atoms with van der Waals surface area (Å²) in [6.07, 6.45) is 3.06. The van der Waals surface area contributed by atoms with E-state index in [4.69, 9.17) is 4.42 Å². The number of ketones is 1. The fourth-order valence-corrected chi connectivity index (χ4v) is 1.31. The van der Waals surface area contributed by atoms with Gasteiger partial charge in [-0.2, -0.15) is 5.10 Å². The number of hydrogen-bond acceptors (Lipinski definition) is 3. The smallest absolute Gasteiger partial charge is 0.214 e. The van der Waals surface area contributed by atoms with Gasteiger partial charge < -0.3 is 4.42 Å². The summed E-state index contributed by atoms with van der Waals surface area (Å²) in [5.74, 6) is 0.664. The van der Waals surface area contributed by atoms with Gasteiger partial charge in [0.05, 0.1) is 5.56 Å². The number of furan rings is 1. The summed E-state index contributed by atoms with van der Waals surface area (Å²) in [5, 5.41) is 3.94. The highest BCUT2D eigenvalue weighted by atomic mass is 16.3. The first-order valence-electron chi connectivity index (χ1n) is 4.26. The molecule has 72 valence electrons. The Morgan fingerprint density at radius 3 is 2.86 bits per heavy atom. The van der Waals surface area contributed by atoms with Crippen molar-refractivity contribution in [2.45, 2.75) is 6.92 Å². The number of rotatable bonds is 2. The molecular formula is C10H10N2O2. The van der Waals surface area contributed by atoms with Crippen molar-refractivity contribution < 1.29 is 9.21 Å². The van der Waals surface area contributed by atoms with Crippen molar-refractivity contribution in [3.63, 3.8) is 0 Å². The summed E-state index contributed by atoms with van der Waals surface area (Å²) in [4.78, 5) is 11.8. The van der Waals surface area contributed by atoms with Crippen LogP contribution in [0.1, 0.15) is 21.8 Å². The van der Waals surface area contributed by atoms with E-state index in [0.717, 1.165) is 5.76 Å². The molecule has 0 spiro atoms. The molecule has 4 nitrogen and oxygen atoms in total. The number of aromatic nitrogens is 2. The number of hydrogen-bond donors (Lipinski definition) is 0. The third-order valence-electron chi connectivity index (χ3n) is 2.05. The lowest BCUT2D eigenvalue weighted by molar-refractivity contribution is 0.102. The predicted molar refractivity (Wildman–Crippen MR) is 50.1 cm³/mol. The first kappa shape index (κ1) is 8.74. The van der Waals surface area contributed by atoms with E-state index in [2.05, 4.69) is 5.10 Å². The number of carbonyl (C=O) groups excluding carboxylic acids is 1. The Bertz CT molecular complexity index is 468. The molecule has 0 aromatic carbocycles. The minimum absolute atomic E-state index is 0.0677. The minimum atomic E-state index is -0.0677. The molecule has 0 aliphatic carbocycles. The van der Waals surface area contributed by atoms with Crippen LogP contribution >= 0.6 is 0 Å². The van der Waals surface area contributed by atoms with Crippen LogP contribution in [0, 0.1) is 6.92 Å². The molecule has 2 aromatic heterocycles. The summed E-state index contributed by atoms with van der Waals surface area (Å²) in [6, 6.07) is 3.40. The molecule has 14 heavy (non-hydrogen) atoms. The van der Waals surface area contributed by atoms with E-state index < -0.39 is 0 Å². The van der Waals surface area contributed by atoms with Gasteiger partial charge in [0, 0.05) is 13.2 Å². The molecule has 0 radical (unpaired) electrons. The molecule has 0 atom stereocenters. The van der Waals surface area contributed by atoms with Crippen molar-refractivity contribution in [1.29, 1.82) is 0 Å². The summed E-state index contributed by atoms with van der Waals surface area (Å²) in [7, 11) is 1.74. The Morgan fingerprint density at radius 1 is 1.57 bits per heavy atom. The highest BCUT2D eigenvalue weighted by molar-refractivity contribution is 6.07. The van der Waals surface area contributed by atoms with E-state index in [1.807, 2.05) is 0 Å². The maximum absolute atomic E-state index is 11.8. The van der Waals surface area contributed by atoms with Crippen molar-refractivity contribution in [2.24, 2.45) is 7.05 Å². The fourth-order valence-electron chi connectivity index (χ4n) is 1.31. The van der Waals surface area contributed by atoms with Gasteiger partial charge >= 0.3 is 0 Å². The van der Waals surface area contributed by atoms with E-state index >= 15 is 0 Å². The molecule has 0 N–H and O–H groups in total. The van der Waals surface area contributed by atoms with Crippen LogP contribution in [0.5, 0.6) is 0 Å². The zero-order valence-corrected chi connectivity index (χ0v) is 8.02. The molecule has 0 bridgehead atoms. The van der Waals surface area contributed by atoms with Crippen LogP contribution in [0.4, 0.5) is 0 Å². The Kier molecular flexibility index (Phi) is 1.96. The molecule has 0 saturated heterocycles. The van der Waals surface area contributed by atoms with Gasteiger partial charge in [0.25, 0.3) is 0 Å². The second-order valence-corrected chi connectivity index (χ2v) is 3.12. The number of aryl methyl sites for hydroxylation is 2. The van der Waals surface area contributed by atoms with Crippen molar-refractivity contribution in [3.8, 4) is 0 Å². The molecule has 0 unspecified atom stereocenters. The van der Waals surface area contributed by atoms with Crippen molar-refractivity contribution in [3.05, 3.63) is 41.6 Å². The average molecular weight is 190 g/mol. The van der Waals surface area contributed by atoms with Gasteiger partial charge in [-0.15, -0.1) is 0 Å². The van der Waals surface area contributed by atoms with Crippen LogP contribution in [0.2, 0.25) is 0 Å². The average Bonchev–Trinajstić information content (AvgIpc) is 2.73. The van der Waals surface area contributed by atoms with Crippen LogP contribution in [-0.4, -0.2) is 15.6 Å². The van der Waals surface area contributed by atoms with Crippen molar-refractivity contribution >= 4 is 5.78 Å². The Hall–Kier alpha value is -1.84. The molecule has 0 fully saturated rings. The lowest BCUT2D eigenvalue weighted by atomic mass is 10.1. The van der Waals surface area contributed by atoms with Gasteiger partial charge in [-0.3, -0.25) is 9.48 Å². The summed E-state index contributed by atoms with van der Waals surface area (Å²) >= 11 is 0. The van der Waals surface area contributed by atoms with Crippen molar-refractivity contribution in [1.82, 2.24) is 9.78 Å². The Balaban J connectivity index is 2.38. The SMILES string of the molecule is Cc1cc(C(=O)c2ccnn2C)co1. The largest absolute Gasteiger partial charge is 0.469 e. The normalized spacial score (nSPS) is 10.4. The Morgan fingerprint density at radius 2 is 2.36 bits per heavy atom. The molecule has 2 rings (SSSR count). The lowest BCUT2D eigenvalue weighted by Gasteiger charge is -1.96. The van der Waals surface area contributed by atoms with E-state index in [0.29, 0.717) is 11.3 Å². The quantitative estimate of drug-likeness (QED) is 0.675. The summed E-state index contributed by atoms with van der Waals surface area (Å²) < 4.78 is 6.62. The van der Waals surface area contributed by atoms with E-state index in [9.17, 15) is 4.79 Å². The van der Waals surface area contributed by atoms with Gasteiger partial charge in [0.2, 0.25) is 5.78 Å². The monoisotopic (exact) mass is 190 g/mol. The number of nitrogens with zero attached hydrogens (tertiary/aromatic N) is 2. The van der Waals surface area contributed by atoms with Gasteiger partial charge in [-0.1, -0.05) is 0 Å². The van der Waals surface area contributed by atoms with Gasteiger partial charge in [-0.05, 0) is 19.1 Å². The molecular weight excluding hydrogens is 180 g/mol. The summed E-state index contributed by atoms with van der Waals surface area (Å²) in [6.45, 7) is 1.81. The second kappa shape index (κ2) is 3.14. The van der Waals surface area contributed by atoms with E-state index in [1.54, 1.807) is 37.0 Å². The minimum Gasteiger partial charge on any atom is -0.469 e. The summed E-state index contributed by atoms with van der Waals surface area (Å²) in [5.41, 5.74) is 1.12. The second-order valence-electron chi connectivity index (χ2n) is 3.12. The molecule has 2 aromatic rings. The maximum atomic E-state index is 11.8. The topological polar surface area (TPSA) is 48.0 Å². The lowest BCUT2D eigenvalue weighted by Crippen LogP contribution is -2.07. The third-order valence-corrected chi connectivity index (χ3v) is 2.05. The van der Waals surface area contributed by atoms with Crippen LogP contribution in [0.25, 0.3) is 0 Å². The van der Waals surface area contributed by atoms with Crippen LogP contribution < -0.4 is 0 Å². The molecule has 0 aliphatic rings. The standard InChI is InChI=1S/C10H10N2O2/c1-7-5-8(6-14-7)10(13)9-3-4-11-12(9)2/h3-6H,1-2H3. The van der Waals surface area contributed by atoms with Crippen LogP contribution in [-0.2, 0) is 7.05 Å². The van der Waals surface area contributed by atoms with Crippen LogP contribution in [0.15, 0.2) is 29.0 Å². The zero-order chi connectivity index (χ0) is 10.1. The van der Waals surface area contributed by atoms with Gasteiger partial charge in [0.1, 0.15) is 17.7 Å². The molecule has 0 amide bonds.